The summed E-state index contributed by atoms with van der Waals surface area (Å²) in [5.74, 6) is -0.439. The highest BCUT2D eigenvalue weighted by atomic mass is 35.5. The number of halogens is 2. The highest BCUT2D eigenvalue weighted by molar-refractivity contribution is 6.45. The minimum Gasteiger partial charge on any atom is -0.450 e. The summed E-state index contributed by atoms with van der Waals surface area (Å²) in [6, 6.07) is 7.27. The first-order valence-corrected chi connectivity index (χ1v) is 6.28. The van der Waals surface area contributed by atoms with Gasteiger partial charge >= 0.3 is 7.48 Å². The molecule has 0 fully saturated rings. The lowest BCUT2D eigenvalue weighted by molar-refractivity contribution is 0.615. The van der Waals surface area contributed by atoms with Gasteiger partial charge in [-0.1, -0.05) is 41.3 Å². The monoisotopic (exact) mass is 306 g/mol. The molecule has 0 unspecified atom stereocenters. The summed E-state index contributed by atoms with van der Waals surface area (Å²) in [4.78, 5) is 7.85. The van der Waals surface area contributed by atoms with E-state index in [0.717, 1.165) is 13.0 Å². The summed E-state index contributed by atoms with van der Waals surface area (Å²) in [5, 5.41) is 9.22. The summed E-state index contributed by atoms with van der Waals surface area (Å²) >= 11 is 5.88. The molecule has 107 valence electrons. The number of hydrogen-bond acceptors (Lipinski definition) is 3. The molecule has 0 saturated heterocycles. The molecule has 2 heterocycles. The van der Waals surface area contributed by atoms with Crippen molar-refractivity contribution in [2.45, 2.75) is 6.54 Å². The predicted molar refractivity (Wildman–Crippen MR) is 79.3 cm³/mol. The van der Waals surface area contributed by atoms with Crippen LogP contribution in [0, 0.1) is 5.82 Å². The Labute approximate surface area is 125 Å². The zero-order valence-corrected chi connectivity index (χ0v) is 11.5. The minimum atomic E-state index is -0.439. The molecule has 8 heteroatoms. The van der Waals surface area contributed by atoms with Gasteiger partial charge in [0.15, 0.2) is 5.82 Å². The lowest BCUT2D eigenvalue weighted by Crippen LogP contribution is -2.12. The second-order valence-corrected chi connectivity index (χ2v) is 4.70. The number of hydrogen-bond donors (Lipinski definition) is 1. The SMILES string of the molecule is O.O[B]c1ccc(Cn2cc(F)c3c(Cl)ncnc32)cc1. The third-order valence-corrected chi connectivity index (χ3v) is 3.33. The third kappa shape index (κ3) is 2.90. The van der Waals surface area contributed by atoms with Crippen molar-refractivity contribution in [3.05, 3.63) is 53.3 Å². The van der Waals surface area contributed by atoms with Crippen LogP contribution in [0.3, 0.4) is 0 Å². The molecule has 0 aliphatic carbocycles. The van der Waals surface area contributed by atoms with Crippen LogP contribution < -0.4 is 5.46 Å². The first kappa shape index (κ1) is 15.4. The highest BCUT2D eigenvalue weighted by Gasteiger charge is 2.13. The van der Waals surface area contributed by atoms with Crippen LogP contribution in [-0.4, -0.2) is 32.5 Å². The van der Waals surface area contributed by atoms with Gasteiger partial charge in [0.25, 0.3) is 0 Å². The maximum atomic E-state index is 13.9. The molecular formula is C13H11BClFN3O2. The van der Waals surface area contributed by atoms with Gasteiger partial charge in [-0.15, -0.1) is 0 Å². The number of aromatic nitrogens is 3. The highest BCUT2D eigenvalue weighted by Crippen LogP contribution is 2.24. The molecular weight excluding hydrogens is 295 g/mol. The van der Waals surface area contributed by atoms with E-state index in [2.05, 4.69) is 9.97 Å². The number of nitrogens with zero attached hydrogens (tertiary/aromatic N) is 3. The topological polar surface area (TPSA) is 82.4 Å². The second kappa shape index (κ2) is 6.21. The Balaban J connectivity index is 0.00000161. The first-order valence-electron chi connectivity index (χ1n) is 5.90. The van der Waals surface area contributed by atoms with Crippen LogP contribution in [0.2, 0.25) is 5.15 Å². The zero-order chi connectivity index (χ0) is 14.1. The van der Waals surface area contributed by atoms with E-state index in [1.165, 1.54) is 12.5 Å². The second-order valence-electron chi connectivity index (χ2n) is 4.34. The Morgan fingerprint density at radius 3 is 2.62 bits per heavy atom. The smallest absolute Gasteiger partial charge is 0.326 e. The van der Waals surface area contributed by atoms with Crippen LogP contribution in [0.1, 0.15) is 5.56 Å². The average molecular weight is 307 g/mol. The van der Waals surface area contributed by atoms with E-state index in [0.29, 0.717) is 17.7 Å². The Morgan fingerprint density at radius 1 is 1.24 bits per heavy atom. The first-order chi connectivity index (χ1) is 9.69. The van der Waals surface area contributed by atoms with Crippen LogP contribution >= 0.6 is 11.6 Å². The average Bonchev–Trinajstić information content (AvgIpc) is 2.77. The molecule has 1 radical (unpaired) electrons. The van der Waals surface area contributed by atoms with E-state index in [1.54, 1.807) is 16.7 Å². The molecule has 2 aromatic heterocycles. The molecule has 0 bridgehead atoms. The number of benzene rings is 1. The lowest BCUT2D eigenvalue weighted by Gasteiger charge is -2.05. The van der Waals surface area contributed by atoms with Crippen molar-refractivity contribution in [1.29, 1.82) is 0 Å². The molecule has 0 aliphatic heterocycles. The van der Waals surface area contributed by atoms with Crippen molar-refractivity contribution in [3.63, 3.8) is 0 Å². The van der Waals surface area contributed by atoms with Crippen LogP contribution in [0.5, 0.6) is 0 Å². The van der Waals surface area contributed by atoms with Gasteiger partial charge in [0.1, 0.15) is 17.1 Å². The minimum absolute atomic E-state index is 0. The van der Waals surface area contributed by atoms with E-state index in [9.17, 15) is 4.39 Å². The summed E-state index contributed by atoms with van der Waals surface area (Å²) < 4.78 is 15.5. The molecule has 0 atom stereocenters. The van der Waals surface area contributed by atoms with Gasteiger partial charge in [0, 0.05) is 12.7 Å². The quantitative estimate of drug-likeness (QED) is 0.571. The lowest BCUT2D eigenvalue weighted by atomic mass is 9.88. The molecule has 1 aromatic carbocycles. The van der Waals surface area contributed by atoms with Crippen molar-refractivity contribution < 1.29 is 14.9 Å². The van der Waals surface area contributed by atoms with Crippen LogP contribution in [-0.2, 0) is 6.54 Å². The largest absolute Gasteiger partial charge is 0.450 e. The molecule has 0 aliphatic rings. The maximum Gasteiger partial charge on any atom is 0.326 e. The van der Waals surface area contributed by atoms with Crippen LogP contribution in [0.25, 0.3) is 11.0 Å². The fraction of sp³-hybridized carbons (Fsp3) is 0.0769. The Morgan fingerprint density at radius 2 is 1.95 bits per heavy atom. The number of rotatable bonds is 3. The van der Waals surface area contributed by atoms with Crippen molar-refractivity contribution in [2.75, 3.05) is 0 Å². The molecule has 21 heavy (non-hydrogen) atoms. The van der Waals surface area contributed by atoms with Crippen molar-refractivity contribution in [1.82, 2.24) is 14.5 Å². The Bertz CT molecular complexity index is 764. The molecule has 5 nitrogen and oxygen atoms in total. The molecule has 0 spiro atoms. The van der Waals surface area contributed by atoms with Gasteiger partial charge in [-0.05, 0) is 5.56 Å². The Hall–Kier alpha value is -1.96. The van der Waals surface area contributed by atoms with Gasteiger partial charge in [-0.2, -0.15) is 0 Å². The maximum absolute atomic E-state index is 13.9. The zero-order valence-electron chi connectivity index (χ0n) is 10.8. The van der Waals surface area contributed by atoms with Crippen molar-refractivity contribution in [2.24, 2.45) is 0 Å². The summed E-state index contributed by atoms with van der Waals surface area (Å²) in [7, 11) is 1.03. The van der Waals surface area contributed by atoms with Gasteiger partial charge in [-0.25, -0.2) is 14.4 Å². The molecule has 0 amide bonds. The standard InChI is InChI=1S/C13H9BClFN3O.H2O/c15-12-11-10(16)6-19(13(11)18-7-17-12)5-8-1-3-9(14-20)4-2-8;/h1-4,6-7,20H,5H2;1H2. The number of fused-ring (bicyclic) bond motifs is 1. The van der Waals surface area contributed by atoms with Crippen molar-refractivity contribution >= 4 is 35.6 Å². The van der Waals surface area contributed by atoms with E-state index in [1.807, 2.05) is 12.1 Å². The van der Waals surface area contributed by atoms with Crippen LogP contribution in [0.4, 0.5) is 4.39 Å². The van der Waals surface area contributed by atoms with Crippen LogP contribution in [0.15, 0.2) is 36.8 Å². The predicted octanol–water partition coefficient (Wildman–Crippen LogP) is 0.684. The fourth-order valence-corrected chi connectivity index (χ4v) is 2.29. The summed E-state index contributed by atoms with van der Waals surface area (Å²) in [6.07, 6.45) is 2.67. The van der Waals surface area contributed by atoms with Gasteiger partial charge in [0.2, 0.25) is 0 Å². The summed E-state index contributed by atoms with van der Waals surface area (Å²) in [6.45, 7) is 0.458. The Kier molecular flexibility index (Phi) is 4.57. The van der Waals surface area contributed by atoms with E-state index >= 15 is 0 Å². The fourth-order valence-electron chi connectivity index (χ4n) is 2.07. The van der Waals surface area contributed by atoms with E-state index < -0.39 is 5.82 Å². The summed E-state index contributed by atoms with van der Waals surface area (Å²) in [5.41, 5.74) is 2.13. The molecule has 3 rings (SSSR count). The third-order valence-electron chi connectivity index (χ3n) is 3.04. The van der Waals surface area contributed by atoms with E-state index in [-0.39, 0.29) is 16.0 Å². The molecule has 3 aromatic rings. The van der Waals surface area contributed by atoms with Gasteiger partial charge < -0.3 is 15.1 Å². The molecule has 0 saturated carbocycles. The van der Waals surface area contributed by atoms with Gasteiger partial charge in [-0.3, -0.25) is 0 Å². The molecule has 3 N–H and O–H groups in total. The van der Waals surface area contributed by atoms with Gasteiger partial charge in [0.05, 0.1) is 5.39 Å². The van der Waals surface area contributed by atoms with Crippen molar-refractivity contribution in [3.8, 4) is 0 Å². The normalized spacial score (nSPS) is 10.4. The van der Waals surface area contributed by atoms with E-state index in [4.69, 9.17) is 16.6 Å².